The first-order valence-corrected chi connectivity index (χ1v) is 11.8. The molecule has 2 aliphatic heterocycles. The standard InChI is InChI=1S/C22H24ClNO5S/c1-22(2)21(26)20(24-12-4-3-5-19(24)25)17-13-16(10-11-18(17)29-22)30(27,28)15-8-6-14(23)7-9-15/h6-11,13,20-21,26H,3-5,12H2,1-2H3/t20-,21+/m0/s1. The van der Waals surface area contributed by atoms with Gasteiger partial charge in [0.25, 0.3) is 0 Å². The number of amides is 1. The van der Waals surface area contributed by atoms with Crippen LogP contribution in [0.15, 0.2) is 52.3 Å². The Morgan fingerprint density at radius 3 is 2.43 bits per heavy atom. The summed E-state index contributed by atoms with van der Waals surface area (Å²) in [5.41, 5.74) is -0.418. The third-order valence-corrected chi connectivity index (χ3v) is 7.83. The Kier molecular flexibility index (Phi) is 5.33. The Balaban J connectivity index is 1.83. The highest BCUT2D eigenvalue weighted by atomic mass is 35.5. The highest BCUT2D eigenvalue weighted by molar-refractivity contribution is 7.91. The van der Waals surface area contributed by atoms with E-state index in [0.29, 0.717) is 29.3 Å². The van der Waals surface area contributed by atoms with Gasteiger partial charge < -0.3 is 14.7 Å². The van der Waals surface area contributed by atoms with Crippen molar-refractivity contribution >= 4 is 27.3 Å². The predicted octanol–water partition coefficient (Wildman–Crippen LogP) is 3.76. The van der Waals surface area contributed by atoms with Crippen LogP contribution in [0.5, 0.6) is 5.75 Å². The van der Waals surface area contributed by atoms with Crippen molar-refractivity contribution < 1.29 is 23.1 Å². The maximum atomic E-state index is 13.2. The van der Waals surface area contributed by atoms with Crippen molar-refractivity contribution in [2.75, 3.05) is 6.54 Å². The Morgan fingerprint density at radius 1 is 1.10 bits per heavy atom. The van der Waals surface area contributed by atoms with Crippen LogP contribution in [-0.4, -0.2) is 42.6 Å². The van der Waals surface area contributed by atoms with Crippen LogP contribution in [0.25, 0.3) is 0 Å². The molecule has 2 aromatic carbocycles. The zero-order valence-corrected chi connectivity index (χ0v) is 18.4. The number of piperidine rings is 1. The lowest BCUT2D eigenvalue weighted by Crippen LogP contribution is -2.55. The maximum absolute atomic E-state index is 13.2. The Hall–Kier alpha value is -2.09. The van der Waals surface area contributed by atoms with Crippen LogP contribution in [0.3, 0.4) is 0 Å². The first-order chi connectivity index (χ1) is 14.1. The smallest absolute Gasteiger partial charge is 0.223 e. The van der Waals surface area contributed by atoms with Crippen LogP contribution in [0.2, 0.25) is 5.02 Å². The van der Waals surface area contributed by atoms with E-state index in [4.69, 9.17) is 16.3 Å². The van der Waals surface area contributed by atoms with Gasteiger partial charge in [0, 0.05) is 23.6 Å². The van der Waals surface area contributed by atoms with E-state index in [9.17, 15) is 18.3 Å². The second kappa shape index (κ2) is 7.55. The number of hydrogen-bond donors (Lipinski definition) is 1. The van der Waals surface area contributed by atoms with Crippen LogP contribution in [0.1, 0.15) is 44.7 Å². The number of rotatable bonds is 3. The van der Waals surface area contributed by atoms with Crippen LogP contribution < -0.4 is 4.74 Å². The summed E-state index contributed by atoms with van der Waals surface area (Å²) in [6, 6.07) is 9.91. The summed E-state index contributed by atoms with van der Waals surface area (Å²) in [6.45, 7) is 4.05. The molecule has 0 bridgehead atoms. The highest BCUT2D eigenvalue weighted by Crippen LogP contribution is 2.45. The van der Waals surface area contributed by atoms with Gasteiger partial charge in [0.2, 0.25) is 15.7 Å². The summed E-state index contributed by atoms with van der Waals surface area (Å²) in [6.07, 6.45) is 1.08. The number of carbonyl (C=O) groups is 1. The molecule has 0 aromatic heterocycles. The van der Waals surface area contributed by atoms with Gasteiger partial charge in [0.1, 0.15) is 17.5 Å². The molecule has 4 rings (SSSR count). The SMILES string of the molecule is CC1(C)Oc2ccc(S(=O)(=O)c3ccc(Cl)cc3)cc2[C@H](N2CCCCC2=O)[C@H]1O. The van der Waals surface area contributed by atoms with Gasteiger partial charge >= 0.3 is 0 Å². The fourth-order valence-corrected chi connectivity index (χ4v) is 5.54. The molecule has 0 unspecified atom stereocenters. The fourth-order valence-electron chi connectivity index (χ4n) is 4.12. The minimum atomic E-state index is -3.80. The van der Waals surface area contributed by atoms with E-state index in [1.165, 1.54) is 36.4 Å². The molecule has 1 amide bonds. The normalized spacial score (nSPS) is 23.6. The number of likely N-dealkylation sites (tertiary alicyclic amines) is 1. The summed E-state index contributed by atoms with van der Waals surface area (Å²) in [4.78, 5) is 14.5. The molecule has 2 atom stereocenters. The van der Waals surface area contributed by atoms with Crippen LogP contribution in [0.4, 0.5) is 0 Å². The van der Waals surface area contributed by atoms with E-state index >= 15 is 0 Å². The molecule has 160 valence electrons. The number of sulfone groups is 1. The van der Waals surface area contributed by atoms with E-state index in [1.807, 2.05) is 0 Å². The molecule has 0 spiro atoms. The second-order valence-electron chi connectivity index (χ2n) is 8.30. The topological polar surface area (TPSA) is 83.9 Å². The number of nitrogens with zero attached hydrogens (tertiary/aromatic N) is 1. The summed E-state index contributed by atoms with van der Waals surface area (Å²) in [5.74, 6) is 0.434. The third-order valence-electron chi connectivity index (χ3n) is 5.81. The van der Waals surface area contributed by atoms with Crippen LogP contribution in [-0.2, 0) is 14.6 Å². The van der Waals surface area contributed by atoms with Gasteiger partial charge in [0.15, 0.2) is 0 Å². The maximum Gasteiger partial charge on any atom is 0.223 e. The van der Waals surface area contributed by atoms with Gasteiger partial charge in [0.05, 0.1) is 15.8 Å². The number of benzene rings is 2. The van der Waals surface area contributed by atoms with Gasteiger partial charge in [-0.3, -0.25) is 4.79 Å². The van der Waals surface area contributed by atoms with Gasteiger partial charge in [-0.05, 0) is 69.2 Å². The lowest BCUT2D eigenvalue weighted by atomic mass is 9.84. The summed E-state index contributed by atoms with van der Waals surface area (Å²) < 4.78 is 32.3. The van der Waals surface area contributed by atoms with Crippen molar-refractivity contribution in [3.8, 4) is 5.75 Å². The number of ether oxygens (including phenoxy) is 1. The van der Waals surface area contributed by atoms with E-state index in [1.54, 1.807) is 24.8 Å². The Bertz CT molecular complexity index is 1080. The summed E-state index contributed by atoms with van der Waals surface area (Å²) >= 11 is 5.89. The monoisotopic (exact) mass is 449 g/mol. The zero-order valence-electron chi connectivity index (χ0n) is 16.8. The van der Waals surface area contributed by atoms with E-state index in [0.717, 1.165) is 12.8 Å². The Morgan fingerprint density at radius 2 is 1.77 bits per heavy atom. The van der Waals surface area contributed by atoms with E-state index in [-0.39, 0.29) is 15.7 Å². The van der Waals surface area contributed by atoms with Crippen molar-refractivity contribution in [1.82, 2.24) is 4.90 Å². The molecule has 30 heavy (non-hydrogen) atoms. The number of aliphatic hydroxyl groups excluding tert-OH is 1. The number of aliphatic hydroxyl groups is 1. The minimum absolute atomic E-state index is 0.0417. The number of halogens is 1. The molecule has 8 heteroatoms. The van der Waals surface area contributed by atoms with Crippen molar-refractivity contribution in [2.24, 2.45) is 0 Å². The first-order valence-electron chi connectivity index (χ1n) is 9.92. The quantitative estimate of drug-likeness (QED) is 0.771. The number of hydrogen-bond acceptors (Lipinski definition) is 5. The largest absolute Gasteiger partial charge is 0.485 e. The second-order valence-corrected chi connectivity index (χ2v) is 10.7. The molecule has 2 aliphatic rings. The van der Waals surface area contributed by atoms with E-state index < -0.39 is 27.6 Å². The van der Waals surface area contributed by atoms with Gasteiger partial charge in [-0.25, -0.2) is 8.42 Å². The molecule has 1 N–H and O–H groups in total. The number of carbonyl (C=O) groups excluding carboxylic acids is 1. The lowest BCUT2D eigenvalue weighted by molar-refractivity contribution is -0.147. The van der Waals surface area contributed by atoms with Crippen LogP contribution >= 0.6 is 11.6 Å². The van der Waals surface area contributed by atoms with Crippen molar-refractivity contribution in [3.63, 3.8) is 0 Å². The first kappa shape index (κ1) is 21.2. The molecular weight excluding hydrogens is 426 g/mol. The summed E-state index contributed by atoms with van der Waals surface area (Å²) in [5, 5.41) is 11.5. The molecule has 2 aromatic rings. The molecule has 0 aliphatic carbocycles. The molecule has 2 heterocycles. The van der Waals surface area contributed by atoms with Gasteiger partial charge in [-0.2, -0.15) is 0 Å². The Labute approximate surface area is 181 Å². The van der Waals surface area contributed by atoms with Crippen molar-refractivity contribution in [1.29, 1.82) is 0 Å². The predicted molar refractivity (Wildman–Crippen MR) is 112 cm³/mol. The van der Waals surface area contributed by atoms with Crippen LogP contribution in [0, 0.1) is 0 Å². The zero-order chi connectivity index (χ0) is 21.7. The van der Waals surface area contributed by atoms with Gasteiger partial charge in [-0.15, -0.1) is 0 Å². The molecular formula is C22H24ClNO5S. The van der Waals surface area contributed by atoms with Gasteiger partial charge in [-0.1, -0.05) is 11.6 Å². The third kappa shape index (κ3) is 3.59. The van der Waals surface area contributed by atoms with Crippen molar-refractivity contribution in [2.45, 2.75) is 60.6 Å². The minimum Gasteiger partial charge on any atom is -0.485 e. The molecule has 0 saturated carbocycles. The lowest BCUT2D eigenvalue weighted by Gasteiger charge is -2.47. The average molecular weight is 450 g/mol. The molecule has 1 fully saturated rings. The summed E-state index contributed by atoms with van der Waals surface area (Å²) in [7, 11) is -3.80. The molecule has 0 radical (unpaired) electrons. The average Bonchev–Trinajstić information content (AvgIpc) is 2.70. The van der Waals surface area contributed by atoms with Crippen molar-refractivity contribution in [3.05, 3.63) is 53.1 Å². The molecule has 1 saturated heterocycles. The molecule has 6 nitrogen and oxygen atoms in total. The highest BCUT2D eigenvalue weighted by Gasteiger charge is 2.47. The van der Waals surface area contributed by atoms with E-state index in [2.05, 4.69) is 0 Å². The fraction of sp³-hybridized carbons (Fsp3) is 0.409. The number of fused-ring (bicyclic) bond motifs is 1.